The zero-order valence-corrected chi connectivity index (χ0v) is 8.24. The van der Waals surface area contributed by atoms with E-state index in [1.807, 2.05) is 0 Å². The number of nitrogens with one attached hydrogen (secondary N) is 1. The summed E-state index contributed by atoms with van der Waals surface area (Å²) in [5, 5.41) is 21.2. The van der Waals surface area contributed by atoms with E-state index >= 15 is 0 Å². The molecule has 0 atom stereocenters. The minimum Gasteiger partial charge on any atom is -0.396 e. The Balaban J connectivity index is 2.89. The van der Waals surface area contributed by atoms with Gasteiger partial charge in [-0.3, -0.25) is 10.1 Å². The monoisotopic (exact) mass is 232 g/mol. The maximum atomic E-state index is 13.2. The Morgan fingerprint density at radius 3 is 2.38 bits per heavy atom. The number of aliphatic hydroxyl groups is 1. The quantitative estimate of drug-likeness (QED) is 0.460. The number of halogens is 2. The van der Waals surface area contributed by atoms with Gasteiger partial charge in [-0.2, -0.15) is 0 Å². The van der Waals surface area contributed by atoms with Crippen molar-refractivity contribution in [3.05, 3.63) is 33.9 Å². The number of nitrogens with zero attached hydrogens (tertiary/aromatic N) is 1. The van der Waals surface area contributed by atoms with Gasteiger partial charge in [0, 0.05) is 13.2 Å². The van der Waals surface area contributed by atoms with Gasteiger partial charge in [-0.1, -0.05) is 0 Å². The Labute approximate surface area is 89.9 Å². The average Bonchev–Trinajstić information content (AvgIpc) is 2.21. The second-order valence-electron chi connectivity index (χ2n) is 3.05. The first-order valence-electron chi connectivity index (χ1n) is 4.54. The number of nitro benzene ring substituents is 1. The molecule has 16 heavy (non-hydrogen) atoms. The molecule has 0 fully saturated rings. The first-order valence-corrected chi connectivity index (χ1v) is 4.54. The predicted molar refractivity (Wildman–Crippen MR) is 53.2 cm³/mol. The zero-order chi connectivity index (χ0) is 12.1. The second kappa shape index (κ2) is 5.36. The van der Waals surface area contributed by atoms with Crippen LogP contribution < -0.4 is 5.32 Å². The van der Waals surface area contributed by atoms with Crippen LogP contribution in [0.25, 0.3) is 0 Å². The van der Waals surface area contributed by atoms with Crippen molar-refractivity contribution in [2.75, 3.05) is 18.5 Å². The van der Waals surface area contributed by atoms with Crippen LogP contribution in [0.3, 0.4) is 0 Å². The van der Waals surface area contributed by atoms with Crippen LogP contribution in [0.1, 0.15) is 6.42 Å². The van der Waals surface area contributed by atoms with Gasteiger partial charge in [-0.25, -0.2) is 8.78 Å². The van der Waals surface area contributed by atoms with Crippen LogP contribution in [0.5, 0.6) is 0 Å². The topological polar surface area (TPSA) is 75.4 Å². The Bertz CT molecular complexity index is 375. The van der Waals surface area contributed by atoms with Gasteiger partial charge in [0.05, 0.1) is 17.1 Å². The number of rotatable bonds is 5. The first-order chi connectivity index (χ1) is 7.56. The summed E-state index contributed by atoms with van der Waals surface area (Å²) < 4.78 is 26.5. The van der Waals surface area contributed by atoms with E-state index in [1.165, 1.54) is 0 Å². The summed E-state index contributed by atoms with van der Waals surface area (Å²) in [7, 11) is 0. The molecule has 88 valence electrons. The highest BCUT2D eigenvalue weighted by atomic mass is 19.1. The fourth-order valence-electron chi connectivity index (χ4n) is 1.13. The highest BCUT2D eigenvalue weighted by Gasteiger charge is 2.16. The molecule has 0 aliphatic carbocycles. The molecule has 0 bridgehead atoms. The third-order valence-electron chi connectivity index (χ3n) is 1.87. The van der Waals surface area contributed by atoms with Crippen molar-refractivity contribution in [3.8, 4) is 0 Å². The molecule has 0 amide bonds. The van der Waals surface area contributed by atoms with Gasteiger partial charge in [-0.05, 0) is 6.42 Å². The lowest BCUT2D eigenvalue weighted by molar-refractivity contribution is -0.385. The minimum absolute atomic E-state index is 0.108. The number of anilines is 1. The SMILES string of the molecule is O=[N+]([O-])c1cc(F)c(NCCCO)c(F)c1. The molecule has 1 aromatic carbocycles. The van der Waals surface area contributed by atoms with E-state index in [-0.39, 0.29) is 13.2 Å². The Morgan fingerprint density at radius 1 is 1.38 bits per heavy atom. The van der Waals surface area contributed by atoms with Crippen LogP contribution in [-0.4, -0.2) is 23.2 Å². The standard InChI is InChI=1S/C9H10F2N2O3/c10-7-4-6(13(15)16)5-8(11)9(7)12-2-1-3-14/h4-5,12,14H,1-3H2. The highest BCUT2D eigenvalue weighted by Crippen LogP contribution is 2.24. The lowest BCUT2D eigenvalue weighted by atomic mass is 10.2. The molecule has 0 aromatic heterocycles. The normalized spacial score (nSPS) is 10.2. The van der Waals surface area contributed by atoms with Crippen molar-refractivity contribution in [1.82, 2.24) is 0 Å². The molecule has 5 nitrogen and oxygen atoms in total. The maximum Gasteiger partial charge on any atom is 0.275 e. The Hall–Kier alpha value is -1.76. The van der Waals surface area contributed by atoms with Gasteiger partial charge in [0.2, 0.25) is 0 Å². The van der Waals surface area contributed by atoms with Gasteiger partial charge in [0.15, 0.2) is 11.6 Å². The summed E-state index contributed by atoms with van der Waals surface area (Å²) in [4.78, 5) is 9.42. The van der Waals surface area contributed by atoms with Gasteiger partial charge in [0.1, 0.15) is 5.69 Å². The third-order valence-corrected chi connectivity index (χ3v) is 1.87. The van der Waals surface area contributed by atoms with Crippen LogP contribution in [0.2, 0.25) is 0 Å². The van der Waals surface area contributed by atoms with Crippen LogP contribution >= 0.6 is 0 Å². The fourth-order valence-corrected chi connectivity index (χ4v) is 1.13. The van der Waals surface area contributed by atoms with Crippen LogP contribution in [0.4, 0.5) is 20.2 Å². The molecule has 7 heteroatoms. The molecule has 0 unspecified atom stereocenters. The average molecular weight is 232 g/mol. The van der Waals surface area contributed by atoms with E-state index in [0.29, 0.717) is 18.6 Å². The minimum atomic E-state index is -1.02. The fraction of sp³-hybridized carbons (Fsp3) is 0.333. The number of non-ortho nitro benzene ring substituents is 1. The molecule has 0 radical (unpaired) electrons. The largest absolute Gasteiger partial charge is 0.396 e. The number of aliphatic hydroxyl groups excluding tert-OH is 1. The van der Waals surface area contributed by atoms with Crippen molar-refractivity contribution in [3.63, 3.8) is 0 Å². The van der Waals surface area contributed by atoms with E-state index in [9.17, 15) is 18.9 Å². The van der Waals surface area contributed by atoms with Crippen molar-refractivity contribution in [2.45, 2.75) is 6.42 Å². The lowest BCUT2D eigenvalue weighted by Gasteiger charge is -2.07. The molecule has 0 saturated heterocycles. The molecule has 2 N–H and O–H groups in total. The summed E-state index contributed by atoms with van der Waals surface area (Å²) in [5.74, 6) is -2.05. The van der Waals surface area contributed by atoms with Gasteiger partial charge < -0.3 is 10.4 Å². The maximum absolute atomic E-state index is 13.2. The van der Waals surface area contributed by atoms with Crippen molar-refractivity contribution >= 4 is 11.4 Å². The number of benzene rings is 1. The number of nitro groups is 1. The molecule has 1 aromatic rings. The predicted octanol–water partition coefficient (Wildman–Crippen LogP) is 1.67. The molecule has 1 rings (SSSR count). The molecule has 0 heterocycles. The Morgan fingerprint density at radius 2 is 1.94 bits per heavy atom. The number of hydrogen-bond donors (Lipinski definition) is 2. The molecular formula is C9H10F2N2O3. The van der Waals surface area contributed by atoms with Crippen LogP contribution in [0.15, 0.2) is 12.1 Å². The molecule has 0 aliphatic heterocycles. The molecular weight excluding hydrogens is 222 g/mol. The van der Waals surface area contributed by atoms with Crippen molar-refractivity contribution in [2.24, 2.45) is 0 Å². The first kappa shape index (κ1) is 12.3. The summed E-state index contributed by atoms with van der Waals surface area (Å²) in [6.45, 7) is 0.0748. The van der Waals surface area contributed by atoms with Crippen molar-refractivity contribution in [1.29, 1.82) is 0 Å². The van der Waals surface area contributed by atoms with E-state index in [4.69, 9.17) is 5.11 Å². The molecule has 0 spiro atoms. The van der Waals surface area contributed by atoms with E-state index in [1.54, 1.807) is 0 Å². The van der Waals surface area contributed by atoms with E-state index in [2.05, 4.69) is 5.32 Å². The molecule has 0 saturated carbocycles. The molecule has 0 aliphatic rings. The van der Waals surface area contributed by atoms with Gasteiger partial charge >= 0.3 is 0 Å². The smallest absolute Gasteiger partial charge is 0.275 e. The Kier molecular flexibility index (Phi) is 4.12. The summed E-state index contributed by atoms with van der Waals surface area (Å²) in [6.07, 6.45) is 0.329. The van der Waals surface area contributed by atoms with E-state index in [0.717, 1.165) is 0 Å². The number of hydrogen-bond acceptors (Lipinski definition) is 4. The highest BCUT2D eigenvalue weighted by molar-refractivity contribution is 5.51. The van der Waals surface area contributed by atoms with Crippen molar-refractivity contribution < 1.29 is 18.8 Å². The summed E-state index contributed by atoms with van der Waals surface area (Å²) in [5.41, 5.74) is -1.05. The zero-order valence-electron chi connectivity index (χ0n) is 8.24. The summed E-state index contributed by atoms with van der Waals surface area (Å²) in [6, 6.07) is 1.29. The van der Waals surface area contributed by atoms with Gasteiger partial charge in [-0.15, -0.1) is 0 Å². The summed E-state index contributed by atoms with van der Waals surface area (Å²) >= 11 is 0. The second-order valence-corrected chi connectivity index (χ2v) is 3.05. The van der Waals surface area contributed by atoms with E-state index < -0.39 is 27.9 Å². The lowest BCUT2D eigenvalue weighted by Crippen LogP contribution is -2.07. The third kappa shape index (κ3) is 2.86. The van der Waals surface area contributed by atoms with Crippen LogP contribution in [0, 0.1) is 21.7 Å². The van der Waals surface area contributed by atoms with Crippen LogP contribution in [-0.2, 0) is 0 Å². The van der Waals surface area contributed by atoms with Gasteiger partial charge in [0.25, 0.3) is 5.69 Å².